The van der Waals surface area contributed by atoms with Gasteiger partial charge in [-0.05, 0) is 6.07 Å². The van der Waals surface area contributed by atoms with Gasteiger partial charge in [0, 0.05) is 24.7 Å². The monoisotopic (exact) mass is 614 g/mol. The molecule has 0 bridgehead atoms. The molecule has 5 N–H and O–H groups in total. The molecule has 0 aliphatic carbocycles. The zero-order valence-corrected chi connectivity index (χ0v) is 22.6. The maximum Gasteiger partial charge on any atom is 0.376 e. The van der Waals surface area contributed by atoms with Gasteiger partial charge in [0.1, 0.15) is 18.3 Å². The molecule has 0 amide bonds. The summed E-state index contributed by atoms with van der Waals surface area (Å²) in [5, 5.41) is 26.0. The number of ether oxygens (including phenoxy) is 1. The van der Waals surface area contributed by atoms with E-state index in [1.165, 1.54) is 0 Å². The van der Waals surface area contributed by atoms with E-state index in [9.17, 15) is 33.8 Å². The zero-order valence-electron chi connectivity index (χ0n) is 19.3. The first-order chi connectivity index (χ1) is 17.6. The fraction of sp³-hybridized carbons (Fsp3) is 0.421. The molecule has 15 nitrogen and oxygen atoms in total. The van der Waals surface area contributed by atoms with E-state index in [1.807, 2.05) is 12.1 Å². The van der Waals surface area contributed by atoms with Crippen LogP contribution in [0.15, 0.2) is 46.1 Å². The van der Waals surface area contributed by atoms with Crippen molar-refractivity contribution in [2.45, 2.75) is 34.9 Å². The van der Waals surface area contributed by atoms with Gasteiger partial charge in [-0.3, -0.25) is 27.7 Å². The van der Waals surface area contributed by atoms with Gasteiger partial charge in [0.15, 0.2) is 6.23 Å². The van der Waals surface area contributed by atoms with Gasteiger partial charge >= 0.3 is 24.7 Å². The Bertz CT molecular complexity index is 1580. The lowest BCUT2D eigenvalue weighted by Gasteiger charge is -2.26. The van der Waals surface area contributed by atoms with Gasteiger partial charge in [0.25, 0.3) is 5.56 Å². The normalized spacial score (nSPS) is 24.1. The number of hydrogen-bond donors (Lipinski definition) is 5. The third-order valence-electron chi connectivity index (χ3n) is 5.95. The average molecular weight is 615 g/mol. The highest BCUT2D eigenvalue weighted by atomic mass is 35.5. The van der Waals surface area contributed by atoms with Crippen molar-refractivity contribution in [1.29, 1.82) is 0 Å². The van der Waals surface area contributed by atoms with Crippen LogP contribution < -0.4 is 11.2 Å². The van der Waals surface area contributed by atoms with Crippen molar-refractivity contribution in [2.75, 3.05) is 6.61 Å². The third-order valence-corrected chi connectivity index (χ3v) is 12.0. The molecule has 4 rings (SSSR count). The van der Waals surface area contributed by atoms with Gasteiger partial charge in [0.2, 0.25) is 0 Å². The molecule has 1 saturated heterocycles. The Labute approximate surface area is 223 Å². The van der Waals surface area contributed by atoms with Crippen LogP contribution >= 0.6 is 38.4 Å². The van der Waals surface area contributed by atoms with E-state index in [0.717, 1.165) is 26.9 Å². The molecule has 3 aromatic rings. The second kappa shape index (κ2) is 10.3. The van der Waals surface area contributed by atoms with Gasteiger partial charge in [0.05, 0.1) is 24.4 Å². The van der Waals surface area contributed by atoms with Crippen LogP contribution in [0.3, 0.4) is 0 Å². The van der Waals surface area contributed by atoms with Crippen LogP contribution in [0, 0.1) is 0 Å². The highest BCUT2D eigenvalue weighted by molar-refractivity contribution is 7.78. The minimum atomic E-state index is -5.54. The Morgan fingerprint density at radius 3 is 2.42 bits per heavy atom. The summed E-state index contributed by atoms with van der Waals surface area (Å²) in [6, 6.07) is 8.21. The second-order valence-electron chi connectivity index (χ2n) is 8.43. The van der Waals surface area contributed by atoms with Crippen molar-refractivity contribution in [3.63, 3.8) is 0 Å². The Kier molecular flexibility index (Phi) is 7.87. The van der Waals surface area contributed by atoms with Crippen LogP contribution in [0.2, 0.25) is 0 Å². The number of benzene rings is 1. The van der Waals surface area contributed by atoms with Gasteiger partial charge in [-0.25, -0.2) is 4.79 Å². The van der Waals surface area contributed by atoms with Crippen LogP contribution in [-0.4, -0.2) is 72.5 Å². The fourth-order valence-electron chi connectivity index (χ4n) is 3.94. The number of hydrogen-bond acceptors (Lipinski definition) is 9. The first-order valence-electron chi connectivity index (χ1n) is 10.7. The molecule has 38 heavy (non-hydrogen) atoms. The summed E-state index contributed by atoms with van der Waals surface area (Å²) in [4.78, 5) is 53.9. The Morgan fingerprint density at radius 1 is 1.11 bits per heavy atom. The van der Waals surface area contributed by atoms with E-state index in [2.05, 4.69) is 9.62 Å². The lowest BCUT2D eigenvalue weighted by molar-refractivity contribution is -0.0531. The molecule has 1 fully saturated rings. The molecule has 1 unspecified atom stereocenters. The third kappa shape index (κ3) is 5.05. The van der Waals surface area contributed by atoms with Crippen molar-refractivity contribution in [3.05, 3.63) is 63.1 Å². The van der Waals surface area contributed by atoms with Crippen molar-refractivity contribution >= 4 is 49.3 Å². The number of nitrogens with zero attached hydrogens (tertiary/aromatic N) is 4. The summed E-state index contributed by atoms with van der Waals surface area (Å²) >= 11 is 10.7. The fourth-order valence-corrected chi connectivity index (χ4v) is 6.23. The molecule has 0 saturated carbocycles. The minimum Gasteiger partial charge on any atom is -0.387 e. The van der Waals surface area contributed by atoms with Gasteiger partial charge in [-0.2, -0.15) is 5.10 Å². The number of aliphatic hydroxyl groups excluding tert-OH is 2. The molecule has 5 atom stereocenters. The average Bonchev–Trinajstić information content (AvgIpc) is 3.30. The number of aliphatic hydroxyl groups is 2. The van der Waals surface area contributed by atoms with Gasteiger partial charge in [-0.15, -0.1) is 0 Å². The van der Waals surface area contributed by atoms with E-state index in [-0.39, 0.29) is 6.54 Å². The number of para-hydroxylation sites is 1. The van der Waals surface area contributed by atoms with Crippen LogP contribution in [0.1, 0.15) is 11.9 Å². The molecule has 1 aromatic carbocycles. The summed E-state index contributed by atoms with van der Waals surface area (Å²) in [7, 11) is -9.26. The predicted molar refractivity (Wildman–Crippen MR) is 133 cm³/mol. The van der Waals surface area contributed by atoms with Crippen LogP contribution in [-0.2, 0) is 32.0 Å². The molecule has 2 aromatic heterocycles. The van der Waals surface area contributed by atoms with Crippen LogP contribution in [0.5, 0.6) is 0 Å². The largest absolute Gasteiger partial charge is 0.387 e. The SMILES string of the molecule is Cn1nc(Cn2c(=O)ccn([C@@H]3O[C@H](COP(=O)(O)C(Cl)(Cl)P(=O)(O)O)[C@H](O)[C@@H]3O)c2=O)c2ccccc21. The number of aryl methyl sites for hydroxylation is 1. The molecule has 19 heteroatoms. The lowest BCUT2D eigenvalue weighted by Crippen LogP contribution is -2.43. The van der Waals surface area contributed by atoms with E-state index >= 15 is 0 Å². The predicted octanol–water partition coefficient (Wildman–Crippen LogP) is 0.0328. The lowest BCUT2D eigenvalue weighted by atomic mass is 10.1. The number of aromatic nitrogens is 4. The summed E-state index contributed by atoms with van der Waals surface area (Å²) in [5.41, 5.74) is -0.396. The molecule has 0 radical (unpaired) electrons. The van der Waals surface area contributed by atoms with Gasteiger partial charge in [-0.1, -0.05) is 41.4 Å². The highest BCUT2D eigenvalue weighted by Gasteiger charge is 2.60. The summed E-state index contributed by atoms with van der Waals surface area (Å²) in [6.45, 7) is -1.22. The maximum atomic E-state index is 13.2. The maximum absolute atomic E-state index is 13.2. The van der Waals surface area contributed by atoms with Crippen LogP contribution in [0.4, 0.5) is 0 Å². The number of fused-ring (bicyclic) bond motifs is 1. The Morgan fingerprint density at radius 2 is 1.76 bits per heavy atom. The molecule has 208 valence electrons. The standard InChI is InChI=1S/C19H22Cl2N4O11P2/c1-23-12-5-3-2-4-10(12)11(22-23)8-25-14(26)6-7-24(18(25)29)17-16(28)15(27)13(36-17)9-35-38(33,34)19(20,21)37(30,31)32/h2-7,13,15-17,27-28H,8-9H2,1H3,(H,33,34)(H2,30,31,32)/t13-,15+,16+,17-/m1/s1. The summed E-state index contributed by atoms with van der Waals surface area (Å²) in [6.07, 6.45) is -5.67. The molecule has 3 heterocycles. The zero-order chi connectivity index (χ0) is 28.2. The van der Waals surface area contributed by atoms with E-state index in [1.54, 1.807) is 23.9 Å². The first kappa shape index (κ1) is 29.1. The smallest absolute Gasteiger partial charge is 0.376 e. The Hall–Kier alpha value is -1.87. The Balaban J connectivity index is 1.59. The van der Waals surface area contributed by atoms with Crippen molar-refractivity contribution < 1.29 is 43.3 Å². The number of rotatable bonds is 8. The first-order valence-corrected chi connectivity index (χ1v) is 14.7. The van der Waals surface area contributed by atoms with Crippen LogP contribution in [0.25, 0.3) is 10.9 Å². The quantitative estimate of drug-likeness (QED) is 0.168. The van der Waals surface area contributed by atoms with Crippen molar-refractivity contribution in [1.82, 2.24) is 18.9 Å². The number of alkyl halides is 2. The minimum absolute atomic E-state index is 0.221. The summed E-state index contributed by atoms with van der Waals surface area (Å²) in [5.74, 6) is 0. The molecule has 1 aliphatic heterocycles. The van der Waals surface area contributed by atoms with E-state index in [4.69, 9.17) is 37.7 Å². The molecular weight excluding hydrogens is 593 g/mol. The van der Waals surface area contributed by atoms with Gasteiger partial charge < -0.3 is 34.2 Å². The topological polar surface area (TPSA) is 216 Å². The number of halogens is 2. The summed E-state index contributed by atoms with van der Waals surface area (Å²) < 4.78 is 33.5. The second-order valence-corrected chi connectivity index (χ2v) is 14.9. The van der Waals surface area contributed by atoms with E-state index in [0.29, 0.717) is 11.1 Å². The van der Waals surface area contributed by atoms with Crippen molar-refractivity contribution in [2.24, 2.45) is 7.05 Å². The molecule has 0 spiro atoms. The van der Waals surface area contributed by atoms with Crippen molar-refractivity contribution in [3.8, 4) is 0 Å². The molecular formula is C19H22Cl2N4O11P2. The van der Waals surface area contributed by atoms with E-state index < -0.39 is 61.4 Å². The highest BCUT2D eigenvalue weighted by Crippen LogP contribution is 2.75. The molecule has 1 aliphatic rings.